The Bertz CT molecular complexity index is 393. The van der Waals surface area contributed by atoms with Gasteiger partial charge in [0.05, 0.1) is 0 Å². The van der Waals surface area contributed by atoms with Crippen LogP contribution in [0.4, 0.5) is 9.59 Å². The van der Waals surface area contributed by atoms with E-state index in [9.17, 15) is 9.59 Å². The van der Waals surface area contributed by atoms with Crippen LogP contribution in [0.25, 0.3) is 0 Å². The first-order valence-corrected chi connectivity index (χ1v) is 7.64. The number of carbonyl (C=O) groups excluding carboxylic acids is 2. The lowest BCUT2D eigenvalue weighted by atomic mass is 10.1. The predicted molar refractivity (Wildman–Crippen MR) is 83.8 cm³/mol. The number of rotatable bonds is 4. The average molecular weight is 315 g/mol. The second-order valence-electron chi connectivity index (χ2n) is 7.47. The van der Waals surface area contributed by atoms with Gasteiger partial charge in [-0.3, -0.25) is 0 Å². The molecule has 2 N–H and O–H groups in total. The zero-order chi connectivity index (χ0) is 17.0. The van der Waals surface area contributed by atoms with Gasteiger partial charge in [0.1, 0.15) is 11.2 Å². The maximum absolute atomic E-state index is 11.7. The zero-order valence-electron chi connectivity index (χ0n) is 14.5. The van der Waals surface area contributed by atoms with Crippen LogP contribution in [-0.2, 0) is 9.47 Å². The summed E-state index contributed by atoms with van der Waals surface area (Å²) in [4.78, 5) is 24.8. The quantitative estimate of drug-likeness (QED) is 0.772. The molecule has 0 atom stereocenters. The van der Waals surface area contributed by atoms with E-state index < -0.39 is 17.3 Å². The van der Waals surface area contributed by atoms with Gasteiger partial charge in [-0.05, 0) is 41.5 Å². The summed E-state index contributed by atoms with van der Waals surface area (Å²) < 4.78 is 10.4. The van der Waals surface area contributed by atoms with E-state index in [1.54, 1.807) is 4.90 Å². The van der Waals surface area contributed by atoms with Crippen molar-refractivity contribution < 1.29 is 19.1 Å². The van der Waals surface area contributed by atoms with E-state index >= 15 is 0 Å². The minimum Gasteiger partial charge on any atom is -0.444 e. The molecule has 22 heavy (non-hydrogen) atoms. The lowest BCUT2D eigenvalue weighted by Gasteiger charge is -2.40. The zero-order valence-corrected chi connectivity index (χ0v) is 14.5. The van der Waals surface area contributed by atoms with E-state index in [0.717, 1.165) is 0 Å². The number of hydrogen-bond acceptors (Lipinski definition) is 5. The summed E-state index contributed by atoms with van der Waals surface area (Å²) in [6.45, 7) is 13.4. The molecule has 7 nitrogen and oxygen atoms in total. The van der Waals surface area contributed by atoms with E-state index in [2.05, 4.69) is 10.6 Å². The van der Waals surface area contributed by atoms with E-state index in [0.29, 0.717) is 26.2 Å². The lowest BCUT2D eigenvalue weighted by Crippen LogP contribution is -2.61. The monoisotopic (exact) mass is 315 g/mol. The molecule has 0 saturated carbocycles. The standard InChI is InChI=1S/C15H29N3O4/c1-14(2,3)21-12(19)17-8-7-16-11-9-18(10-11)13(20)22-15(4,5)6/h11,16H,7-10H2,1-6H3,(H,17,19). The molecule has 7 heteroatoms. The maximum Gasteiger partial charge on any atom is 0.410 e. The first kappa shape index (κ1) is 18.5. The number of hydrogen-bond donors (Lipinski definition) is 2. The maximum atomic E-state index is 11.7. The summed E-state index contributed by atoms with van der Waals surface area (Å²) in [5.41, 5.74) is -0.952. The van der Waals surface area contributed by atoms with E-state index in [1.807, 2.05) is 41.5 Å². The molecule has 0 aliphatic carbocycles. The van der Waals surface area contributed by atoms with Crippen LogP contribution in [0.15, 0.2) is 0 Å². The van der Waals surface area contributed by atoms with Crippen LogP contribution in [0.5, 0.6) is 0 Å². The lowest BCUT2D eigenvalue weighted by molar-refractivity contribution is 0.00544. The summed E-state index contributed by atoms with van der Waals surface area (Å²) in [5.74, 6) is 0. The highest BCUT2D eigenvalue weighted by molar-refractivity contribution is 5.69. The van der Waals surface area contributed by atoms with E-state index in [-0.39, 0.29) is 12.1 Å². The second-order valence-corrected chi connectivity index (χ2v) is 7.47. The number of ether oxygens (including phenoxy) is 2. The molecular weight excluding hydrogens is 286 g/mol. The summed E-state index contributed by atoms with van der Waals surface area (Å²) in [7, 11) is 0. The molecule has 1 saturated heterocycles. The molecule has 1 heterocycles. The van der Waals surface area contributed by atoms with Gasteiger partial charge in [-0.1, -0.05) is 0 Å². The molecule has 0 aromatic heterocycles. The fourth-order valence-electron chi connectivity index (χ4n) is 1.84. The highest BCUT2D eigenvalue weighted by Gasteiger charge is 2.33. The van der Waals surface area contributed by atoms with Crippen molar-refractivity contribution in [3.63, 3.8) is 0 Å². The third-order valence-corrected chi connectivity index (χ3v) is 2.76. The van der Waals surface area contributed by atoms with Crippen LogP contribution < -0.4 is 10.6 Å². The van der Waals surface area contributed by atoms with Crippen molar-refractivity contribution in [3.05, 3.63) is 0 Å². The van der Waals surface area contributed by atoms with Crippen molar-refractivity contribution in [2.75, 3.05) is 26.2 Å². The smallest absolute Gasteiger partial charge is 0.410 e. The van der Waals surface area contributed by atoms with Crippen LogP contribution >= 0.6 is 0 Å². The summed E-state index contributed by atoms with van der Waals surface area (Å²) in [6, 6.07) is 0.243. The van der Waals surface area contributed by atoms with Gasteiger partial charge in [-0.2, -0.15) is 0 Å². The number of likely N-dealkylation sites (tertiary alicyclic amines) is 1. The van der Waals surface area contributed by atoms with Gasteiger partial charge in [0.25, 0.3) is 0 Å². The highest BCUT2D eigenvalue weighted by Crippen LogP contribution is 2.14. The fraction of sp³-hybridized carbons (Fsp3) is 0.867. The minimum atomic E-state index is -0.487. The van der Waals surface area contributed by atoms with Crippen molar-refractivity contribution in [1.29, 1.82) is 0 Å². The Morgan fingerprint density at radius 1 is 1.00 bits per heavy atom. The largest absolute Gasteiger partial charge is 0.444 e. The number of nitrogens with one attached hydrogen (secondary N) is 2. The third kappa shape index (κ3) is 7.49. The molecule has 0 spiro atoms. The minimum absolute atomic E-state index is 0.243. The molecule has 0 bridgehead atoms. The van der Waals surface area contributed by atoms with Crippen LogP contribution in [-0.4, -0.2) is 60.5 Å². The van der Waals surface area contributed by atoms with Crippen molar-refractivity contribution in [3.8, 4) is 0 Å². The average Bonchev–Trinajstić information content (AvgIpc) is 2.20. The molecule has 1 aliphatic rings. The van der Waals surface area contributed by atoms with Gasteiger partial charge in [0.2, 0.25) is 0 Å². The first-order chi connectivity index (χ1) is 9.96. The van der Waals surface area contributed by atoms with Crippen molar-refractivity contribution in [2.24, 2.45) is 0 Å². The SMILES string of the molecule is CC(C)(C)OC(=O)NCCNC1CN(C(=O)OC(C)(C)C)C1. The second kappa shape index (κ2) is 7.17. The molecule has 1 fully saturated rings. The van der Waals surface area contributed by atoms with Gasteiger partial charge in [0.15, 0.2) is 0 Å². The van der Waals surface area contributed by atoms with Crippen LogP contribution in [0.3, 0.4) is 0 Å². The molecule has 0 unspecified atom stereocenters. The number of alkyl carbamates (subject to hydrolysis) is 1. The van der Waals surface area contributed by atoms with Crippen molar-refractivity contribution >= 4 is 12.2 Å². The highest BCUT2D eigenvalue weighted by atomic mass is 16.6. The Kier molecular flexibility index (Phi) is 6.05. The Morgan fingerprint density at radius 2 is 1.55 bits per heavy atom. The summed E-state index contributed by atoms with van der Waals surface area (Å²) in [6.07, 6.45) is -0.698. The van der Waals surface area contributed by atoms with Crippen LogP contribution in [0.1, 0.15) is 41.5 Å². The Hall–Kier alpha value is -1.50. The van der Waals surface area contributed by atoms with Crippen molar-refractivity contribution in [2.45, 2.75) is 58.8 Å². The van der Waals surface area contributed by atoms with E-state index in [4.69, 9.17) is 9.47 Å². The molecule has 0 aromatic rings. The topological polar surface area (TPSA) is 79.9 Å². The van der Waals surface area contributed by atoms with Crippen molar-refractivity contribution in [1.82, 2.24) is 15.5 Å². The Morgan fingerprint density at radius 3 is 2.05 bits per heavy atom. The first-order valence-electron chi connectivity index (χ1n) is 7.64. The predicted octanol–water partition coefficient (Wildman–Crippen LogP) is 1.72. The van der Waals surface area contributed by atoms with Crippen LogP contribution in [0.2, 0.25) is 0 Å². The van der Waals surface area contributed by atoms with Gasteiger partial charge in [0, 0.05) is 32.2 Å². The molecule has 2 amide bonds. The summed E-state index contributed by atoms with van der Waals surface area (Å²) >= 11 is 0. The number of amides is 2. The van der Waals surface area contributed by atoms with Gasteiger partial charge >= 0.3 is 12.2 Å². The molecule has 0 aromatic carbocycles. The molecular formula is C15H29N3O4. The normalized spacial score (nSPS) is 16.0. The van der Waals surface area contributed by atoms with Gasteiger partial charge in [-0.25, -0.2) is 9.59 Å². The summed E-state index contributed by atoms with van der Waals surface area (Å²) in [5, 5.41) is 5.94. The molecule has 1 aliphatic heterocycles. The number of nitrogens with zero attached hydrogens (tertiary/aromatic N) is 1. The Labute approximate surface area is 132 Å². The third-order valence-electron chi connectivity index (χ3n) is 2.76. The fourth-order valence-corrected chi connectivity index (χ4v) is 1.84. The Balaban J connectivity index is 2.08. The molecule has 128 valence electrons. The van der Waals surface area contributed by atoms with Crippen LogP contribution in [0, 0.1) is 0 Å². The van der Waals surface area contributed by atoms with Gasteiger partial charge < -0.3 is 25.0 Å². The van der Waals surface area contributed by atoms with Gasteiger partial charge in [-0.15, -0.1) is 0 Å². The molecule has 0 radical (unpaired) electrons. The number of carbonyl (C=O) groups is 2. The van der Waals surface area contributed by atoms with E-state index in [1.165, 1.54) is 0 Å². The molecule has 1 rings (SSSR count).